The molecule has 4 rings (SSSR count). The second-order valence-corrected chi connectivity index (χ2v) is 7.77. The first-order chi connectivity index (χ1) is 12.5. The van der Waals surface area contributed by atoms with Gasteiger partial charge in [-0.15, -0.1) is 0 Å². The Hall–Kier alpha value is -2.41. The Morgan fingerprint density at radius 2 is 1.92 bits per heavy atom. The van der Waals surface area contributed by atoms with Crippen LogP contribution in [0.1, 0.15) is 34.5 Å². The molecule has 7 heteroatoms. The van der Waals surface area contributed by atoms with Crippen molar-refractivity contribution in [2.75, 3.05) is 13.1 Å². The van der Waals surface area contributed by atoms with Gasteiger partial charge in [0.25, 0.3) is 11.1 Å². The largest absolute Gasteiger partial charge is 0.467 e. The molecule has 1 fully saturated rings. The molecule has 136 valence electrons. The summed E-state index contributed by atoms with van der Waals surface area (Å²) in [5.74, 6) is 0.0367. The summed E-state index contributed by atoms with van der Waals surface area (Å²) in [5, 5.41) is 4.81. The van der Waals surface area contributed by atoms with Gasteiger partial charge in [-0.25, -0.2) is 4.98 Å². The molecule has 1 saturated heterocycles. The van der Waals surface area contributed by atoms with Gasteiger partial charge in [-0.3, -0.25) is 9.48 Å². The van der Waals surface area contributed by atoms with E-state index in [0.29, 0.717) is 18.8 Å². The summed E-state index contributed by atoms with van der Waals surface area (Å²) in [6, 6.07) is 5.99. The number of ether oxygens (including phenoxy) is 1. The fourth-order valence-electron chi connectivity index (χ4n) is 3.36. The molecule has 1 aliphatic heterocycles. The minimum atomic E-state index is 0.0367. The minimum Gasteiger partial charge on any atom is -0.467 e. The molecule has 0 atom stereocenters. The monoisotopic (exact) mass is 370 g/mol. The van der Waals surface area contributed by atoms with Crippen LogP contribution in [-0.4, -0.2) is 44.8 Å². The van der Waals surface area contributed by atoms with Crippen LogP contribution in [0.25, 0.3) is 10.2 Å². The molecule has 2 aromatic heterocycles. The van der Waals surface area contributed by atoms with Crippen molar-refractivity contribution < 1.29 is 9.53 Å². The topological polar surface area (TPSA) is 60.2 Å². The molecule has 0 spiro atoms. The number of carbonyl (C=O) groups excluding carboxylic acids is 1. The Kier molecular flexibility index (Phi) is 4.40. The number of piperidine rings is 1. The van der Waals surface area contributed by atoms with Crippen LogP contribution >= 0.6 is 11.3 Å². The fraction of sp³-hybridized carbons (Fsp3) is 0.421. The summed E-state index contributed by atoms with van der Waals surface area (Å²) in [7, 11) is 1.79. The second-order valence-electron chi connectivity index (χ2n) is 6.81. The van der Waals surface area contributed by atoms with E-state index in [-0.39, 0.29) is 12.0 Å². The smallest absolute Gasteiger partial charge is 0.274 e. The van der Waals surface area contributed by atoms with E-state index in [1.807, 2.05) is 4.90 Å². The molecule has 0 N–H and O–H groups in total. The molecule has 26 heavy (non-hydrogen) atoms. The third kappa shape index (κ3) is 3.07. The zero-order chi connectivity index (χ0) is 18.3. The lowest BCUT2D eigenvalue weighted by Crippen LogP contribution is -2.42. The number of hydrogen-bond donors (Lipinski definition) is 0. The van der Waals surface area contributed by atoms with Crippen molar-refractivity contribution in [1.29, 1.82) is 0 Å². The molecule has 1 aliphatic rings. The lowest BCUT2D eigenvalue weighted by molar-refractivity contribution is 0.0585. The highest BCUT2D eigenvalue weighted by Crippen LogP contribution is 2.33. The molecule has 6 nitrogen and oxygen atoms in total. The van der Waals surface area contributed by atoms with Crippen LogP contribution in [0.15, 0.2) is 24.4 Å². The molecular weight excluding hydrogens is 348 g/mol. The quantitative estimate of drug-likeness (QED) is 0.709. The first-order valence-electron chi connectivity index (χ1n) is 8.83. The number of aryl methyl sites for hydroxylation is 3. The first-order valence-corrected chi connectivity index (χ1v) is 9.65. The average molecular weight is 370 g/mol. The van der Waals surface area contributed by atoms with E-state index in [9.17, 15) is 4.79 Å². The molecule has 3 heterocycles. The van der Waals surface area contributed by atoms with Crippen molar-refractivity contribution >= 4 is 27.5 Å². The van der Waals surface area contributed by atoms with E-state index in [1.54, 1.807) is 35.3 Å². The molecule has 0 saturated carbocycles. The highest BCUT2D eigenvalue weighted by Gasteiger charge is 2.26. The summed E-state index contributed by atoms with van der Waals surface area (Å²) in [6.07, 6.45) is 3.39. The van der Waals surface area contributed by atoms with Gasteiger partial charge in [0.05, 0.1) is 10.2 Å². The van der Waals surface area contributed by atoms with E-state index >= 15 is 0 Å². The van der Waals surface area contributed by atoms with Gasteiger partial charge in [-0.1, -0.05) is 23.5 Å². The fourth-order valence-corrected chi connectivity index (χ4v) is 4.38. The normalized spacial score (nSPS) is 15.6. The third-order valence-corrected chi connectivity index (χ3v) is 6.04. The summed E-state index contributed by atoms with van der Waals surface area (Å²) >= 11 is 1.61. The lowest BCUT2D eigenvalue weighted by Gasteiger charge is -2.31. The van der Waals surface area contributed by atoms with Crippen molar-refractivity contribution in [3.8, 4) is 5.19 Å². The Morgan fingerprint density at radius 1 is 1.19 bits per heavy atom. The molecule has 0 unspecified atom stereocenters. The molecular formula is C19H22N4O2S. The van der Waals surface area contributed by atoms with E-state index in [1.165, 1.54) is 15.8 Å². The first kappa shape index (κ1) is 17.0. The van der Waals surface area contributed by atoms with E-state index in [0.717, 1.165) is 23.6 Å². The minimum absolute atomic E-state index is 0.0367. The van der Waals surface area contributed by atoms with Gasteiger partial charge in [0, 0.05) is 39.2 Å². The van der Waals surface area contributed by atoms with Gasteiger partial charge < -0.3 is 9.64 Å². The van der Waals surface area contributed by atoms with Crippen LogP contribution in [0, 0.1) is 13.8 Å². The Balaban J connectivity index is 1.41. The Morgan fingerprint density at radius 3 is 2.58 bits per heavy atom. The van der Waals surface area contributed by atoms with Gasteiger partial charge in [0.15, 0.2) is 0 Å². The molecule has 0 radical (unpaired) electrons. The summed E-state index contributed by atoms with van der Waals surface area (Å²) in [4.78, 5) is 19.1. The van der Waals surface area contributed by atoms with Crippen LogP contribution < -0.4 is 4.74 Å². The second kappa shape index (κ2) is 6.72. The van der Waals surface area contributed by atoms with Gasteiger partial charge in [0.2, 0.25) is 0 Å². The SMILES string of the molecule is Cc1ccc(C)c2sc(OC3CCN(C(=O)c4ccnn4C)CC3)nc12. The molecule has 0 bridgehead atoms. The van der Waals surface area contributed by atoms with Gasteiger partial charge >= 0.3 is 0 Å². The number of thiazole rings is 1. The number of carbonyl (C=O) groups is 1. The number of hydrogen-bond acceptors (Lipinski definition) is 5. The zero-order valence-corrected chi connectivity index (χ0v) is 16.0. The predicted octanol–water partition coefficient (Wildman–Crippen LogP) is 3.33. The van der Waals surface area contributed by atoms with Crippen LogP contribution in [0.4, 0.5) is 0 Å². The van der Waals surface area contributed by atoms with Crippen LogP contribution in [0.5, 0.6) is 5.19 Å². The van der Waals surface area contributed by atoms with Crippen molar-refractivity contribution in [2.45, 2.75) is 32.8 Å². The van der Waals surface area contributed by atoms with Crippen LogP contribution in [-0.2, 0) is 7.05 Å². The molecule has 1 amide bonds. The average Bonchev–Trinajstić information content (AvgIpc) is 3.25. The maximum Gasteiger partial charge on any atom is 0.274 e. The van der Waals surface area contributed by atoms with Crippen molar-refractivity contribution in [3.63, 3.8) is 0 Å². The highest BCUT2D eigenvalue weighted by molar-refractivity contribution is 7.20. The lowest BCUT2D eigenvalue weighted by atomic mass is 10.1. The van der Waals surface area contributed by atoms with Crippen LogP contribution in [0.2, 0.25) is 0 Å². The van der Waals surface area contributed by atoms with Crippen molar-refractivity contribution in [3.05, 3.63) is 41.2 Å². The van der Waals surface area contributed by atoms with Crippen molar-refractivity contribution in [2.24, 2.45) is 7.05 Å². The zero-order valence-electron chi connectivity index (χ0n) is 15.2. The third-order valence-electron chi connectivity index (χ3n) is 4.96. The maximum atomic E-state index is 12.6. The number of aromatic nitrogens is 3. The number of nitrogens with zero attached hydrogens (tertiary/aromatic N) is 4. The summed E-state index contributed by atoms with van der Waals surface area (Å²) in [5.41, 5.74) is 4.07. The Bertz CT molecular complexity index is 915. The summed E-state index contributed by atoms with van der Waals surface area (Å²) < 4.78 is 8.96. The highest BCUT2D eigenvalue weighted by atomic mass is 32.1. The predicted molar refractivity (Wildman–Crippen MR) is 102 cm³/mol. The van der Waals surface area contributed by atoms with E-state index in [4.69, 9.17) is 4.74 Å². The number of fused-ring (bicyclic) bond motifs is 1. The van der Waals surface area contributed by atoms with Crippen molar-refractivity contribution in [1.82, 2.24) is 19.7 Å². The van der Waals surface area contributed by atoms with E-state index < -0.39 is 0 Å². The Labute approximate surface area is 156 Å². The number of benzene rings is 1. The van der Waals surface area contributed by atoms with Gasteiger partial charge in [0.1, 0.15) is 11.8 Å². The number of amides is 1. The van der Waals surface area contributed by atoms with Gasteiger partial charge in [-0.2, -0.15) is 5.10 Å². The van der Waals surface area contributed by atoms with Gasteiger partial charge in [-0.05, 0) is 31.0 Å². The van der Waals surface area contributed by atoms with Crippen LogP contribution in [0.3, 0.4) is 0 Å². The molecule has 0 aliphatic carbocycles. The maximum absolute atomic E-state index is 12.6. The summed E-state index contributed by atoms with van der Waals surface area (Å²) in [6.45, 7) is 5.56. The molecule has 1 aromatic carbocycles. The standard InChI is InChI=1S/C19H22N4O2S/c1-12-4-5-13(2)17-16(12)21-19(26-17)25-14-7-10-23(11-8-14)18(24)15-6-9-20-22(15)3/h4-6,9,14H,7-8,10-11H2,1-3H3. The number of likely N-dealkylation sites (tertiary alicyclic amines) is 1. The number of rotatable bonds is 3. The van der Waals surface area contributed by atoms with E-state index in [2.05, 4.69) is 36.1 Å². The molecule has 3 aromatic rings.